The largest absolute Gasteiger partial charge is 0.316 e. The first-order valence-corrected chi connectivity index (χ1v) is 4.50. The molecule has 0 atom stereocenters. The van der Waals surface area contributed by atoms with Gasteiger partial charge in [0, 0.05) is 13.1 Å². The Hall–Kier alpha value is 0.160. The van der Waals surface area contributed by atoms with Crippen LogP contribution in [0, 0.1) is 5.92 Å². The minimum absolute atomic E-state index is 0. The molecule has 1 fully saturated rings. The van der Waals surface area contributed by atoms with Gasteiger partial charge in [0.1, 0.15) is 0 Å². The Bertz CT molecular complexity index is 187. The highest BCUT2D eigenvalue weighted by Crippen LogP contribution is 2.03. The van der Waals surface area contributed by atoms with Crippen molar-refractivity contribution in [1.29, 1.82) is 0 Å². The molecule has 62 valence electrons. The summed E-state index contributed by atoms with van der Waals surface area (Å²) >= 11 is 0. The zero-order valence-corrected chi connectivity index (χ0v) is 7.04. The van der Waals surface area contributed by atoms with E-state index in [-0.39, 0.29) is 24.1 Å². The van der Waals surface area contributed by atoms with Gasteiger partial charge >= 0.3 is 0 Å². The van der Waals surface area contributed by atoms with Gasteiger partial charge in [0.2, 0.25) is 10.0 Å². The van der Waals surface area contributed by atoms with Crippen molar-refractivity contribution in [2.45, 2.75) is 0 Å². The summed E-state index contributed by atoms with van der Waals surface area (Å²) in [7, 11) is -3.22. The van der Waals surface area contributed by atoms with E-state index in [1.54, 1.807) is 0 Å². The van der Waals surface area contributed by atoms with Gasteiger partial charge < -0.3 is 5.32 Å². The van der Waals surface area contributed by atoms with E-state index in [1.165, 1.54) is 0 Å². The van der Waals surface area contributed by atoms with Crippen molar-refractivity contribution in [3.8, 4) is 0 Å². The van der Waals surface area contributed by atoms with Crippen LogP contribution < -0.4 is 10.5 Å². The smallest absolute Gasteiger partial charge is 0.209 e. The molecule has 0 aromatic rings. The van der Waals surface area contributed by atoms with Crippen LogP contribution in [0.3, 0.4) is 0 Å². The molecular formula is C4H11ClN2O2S. The van der Waals surface area contributed by atoms with E-state index in [2.05, 4.69) is 5.32 Å². The Morgan fingerprint density at radius 3 is 2.10 bits per heavy atom. The molecule has 3 N–H and O–H groups in total. The zero-order valence-electron chi connectivity index (χ0n) is 5.41. The van der Waals surface area contributed by atoms with Crippen molar-refractivity contribution >= 4 is 22.4 Å². The van der Waals surface area contributed by atoms with E-state index in [1.807, 2.05) is 0 Å². The SMILES string of the molecule is Cl.NS(=O)(=O)CC1CNC1. The molecule has 0 unspecified atom stereocenters. The zero-order chi connectivity index (χ0) is 6.91. The number of rotatable bonds is 2. The Kier molecular flexibility index (Phi) is 3.58. The molecule has 0 aromatic heterocycles. The van der Waals surface area contributed by atoms with E-state index in [4.69, 9.17) is 5.14 Å². The topological polar surface area (TPSA) is 72.2 Å². The molecule has 1 saturated heterocycles. The highest BCUT2D eigenvalue weighted by atomic mass is 35.5. The van der Waals surface area contributed by atoms with Crippen molar-refractivity contribution in [2.24, 2.45) is 11.1 Å². The molecule has 0 aromatic carbocycles. The van der Waals surface area contributed by atoms with Crippen LogP contribution in [0.4, 0.5) is 0 Å². The van der Waals surface area contributed by atoms with E-state index in [9.17, 15) is 8.42 Å². The fourth-order valence-corrected chi connectivity index (χ4v) is 1.69. The molecule has 0 aliphatic carbocycles. The molecular weight excluding hydrogens is 176 g/mol. The average Bonchev–Trinajstić information content (AvgIpc) is 1.53. The lowest BCUT2D eigenvalue weighted by atomic mass is 10.1. The van der Waals surface area contributed by atoms with Crippen LogP contribution in [-0.2, 0) is 10.0 Å². The fourth-order valence-electron chi connectivity index (χ4n) is 0.795. The molecule has 1 rings (SSSR count). The van der Waals surface area contributed by atoms with Gasteiger partial charge in [-0.05, 0) is 5.92 Å². The maximum atomic E-state index is 10.4. The molecule has 0 spiro atoms. The third-order valence-corrected chi connectivity index (χ3v) is 2.27. The molecule has 0 bridgehead atoms. The van der Waals surface area contributed by atoms with E-state index in [0.29, 0.717) is 0 Å². The lowest BCUT2D eigenvalue weighted by Gasteiger charge is -2.25. The van der Waals surface area contributed by atoms with E-state index >= 15 is 0 Å². The van der Waals surface area contributed by atoms with Gasteiger partial charge in [-0.2, -0.15) is 0 Å². The number of sulfonamides is 1. The molecule has 1 aliphatic heterocycles. The summed E-state index contributed by atoms with van der Waals surface area (Å²) < 4.78 is 20.8. The Morgan fingerprint density at radius 2 is 2.00 bits per heavy atom. The highest BCUT2D eigenvalue weighted by molar-refractivity contribution is 7.89. The first-order chi connectivity index (χ1) is 4.08. The minimum Gasteiger partial charge on any atom is -0.316 e. The number of hydrogen-bond acceptors (Lipinski definition) is 3. The van der Waals surface area contributed by atoms with Crippen LogP contribution in [0.5, 0.6) is 0 Å². The summed E-state index contributed by atoms with van der Waals surface area (Å²) in [5.74, 6) is 0.375. The second kappa shape index (κ2) is 3.52. The average molecular weight is 187 g/mol. The summed E-state index contributed by atoms with van der Waals surface area (Å²) in [4.78, 5) is 0. The maximum Gasteiger partial charge on any atom is 0.209 e. The van der Waals surface area contributed by atoms with Crippen LogP contribution in [0.15, 0.2) is 0 Å². The second-order valence-corrected chi connectivity index (χ2v) is 4.01. The number of nitrogens with two attached hydrogens (primary N) is 1. The van der Waals surface area contributed by atoms with Gasteiger partial charge in [-0.15, -0.1) is 12.4 Å². The van der Waals surface area contributed by atoms with Crippen LogP contribution in [0.1, 0.15) is 0 Å². The lowest BCUT2D eigenvalue weighted by molar-refractivity contribution is 0.378. The highest BCUT2D eigenvalue weighted by Gasteiger charge is 2.21. The Balaban J connectivity index is 0.000000810. The van der Waals surface area contributed by atoms with Gasteiger partial charge in [0.25, 0.3) is 0 Å². The molecule has 0 amide bonds. The fraction of sp³-hybridized carbons (Fsp3) is 1.00. The summed E-state index contributed by atoms with van der Waals surface area (Å²) in [5.41, 5.74) is 0. The normalized spacial score (nSPS) is 19.3. The number of hydrogen-bond donors (Lipinski definition) is 2. The van der Waals surface area contributed by atoms with Gasteiger partial charge in [0.15, 0.2) is 0 Å². The first kappa shape index (κ1) is 10.2. The monoisotopic (exact) mass is 186 g/mol. The Morgan fingerprint density at radius 1 is 1.50 bits per heavy atom. The van der Waals surface area contributed by atoms with Crippen molar-refractivity contribution < 1.29 is 8.42 Å². The Labute approximate surface area is 66.6 Å². The summed E-state index contributed by atoms with van der Waals surface area (Å²) in [6.07, 6.45) is 0. The van der Waals surface area contributed by atoms with E-state index < -0.39 is 10.0 Å². The third-order valence-electron chi connectivity index (χ3n) is 1.33. The van der Waals surface area contributed by atoms with Crippen LogP contribution >= 0.6 is 12.4 Å². The second-order valence-electron chi connectivity index (χ2n) is 2.35. The molecule has 6 heteroatoms. The predicted octanol–water partition coefficient (Wildman–Crippen LogP) is -1.08. The summed E-state index contributed by atoms with van der Waals surface area (Å²) in [6, 6.07) is 0. The van der Waals surface area contributed by atoms with Crippen molar-refractivity contribution in [2.75, 3.05) is 18.8 Å². The quantitative estimate of drug-likeness (QED) is 0.576. The van der Waals surface area contributed by atoms with Crippen molar-refractivity contribution in [3.05, 3.63) is 0 Å². The summed E-state index contributed by atoms with van der Waals surface area (Å²) in [5, 5.41) is 7.75. The molecule has 10 heavy (non-hydrogen) atoms. The molecule has 4 nitrogen and oxygen atoms in total. The molecule has 1 heterocycles. The van der Waals surface area contributed by atoms with Crippen molar-refractivity contribution in [3.63, 3.8) is 0 Å². The van der Waals surface area contributed by atoms with Gasteiger partial charge in [-0.3, -0.25) is 0 Å². The number of nitrogens with one attached hydrogen (secondary N) is 1. The summed E-state index contributed by atoms with van der Waals surface area (Å²) in [6.45, 7) is 1.58. The first-order valence-electron chi connectivity index (χ1n) is 2.79. The molecule has 0 radical (unpaired) electrons. The van der Waals surface area contributed by atoms with E-state index in [0.717, 1.165) is 13.1 Å². The molecule has 0 saturated carbocycles. The third kappa shape index (κ3) is 3.36. The van der Waals surface area contributed by atoms with Gasteiger partial charge in [0.05, 0.1) is 5.75 Å². The van der Waals surface area contributed by atoms with Crippen LogP contribution in [0.2, 0.25) is 0 Å². The predicted molar refractivity (Wildman–Crippen MR) is 41.6 cm³/mol. The van der Waals surface area contributed by atoms with Crippen LogP contribution in [0.25, 0.3) is 0 Å². The van der Waals surface area contributed by atoms with Crippen LogP contribution in [-0.4, -0.2) is 27.3 Å². The number of primary sulfonamides is 1. The number of halogens is 1. The van der Waals surface area contributed by atoms with Crippen molar-refractivity contribution in [1.82, 2.24) is 5.32 Å². The lowest BCUT2D eigenvalue weighted by Crippen LogP contribution is -2.46. The minimum atomic E-state index is -3.22. The standard InChI is InChI=1S/C4H10N2O2S.ClH/c5-9(7,8)3-4-1-6-2-4;/h4,6H,1-3H2,(H2,5,7,8);1H. The maximum absolute atomic E-state index is 10.4. The molecule has 1 aliphatic rings. The van der Waals surface area contributed by atoms with Gasteiger partial charge in [-0.25, -0.2) is 13.6 Å². The van der Waals surface area contributed by atoms with Gasteiger partial charge in [-0.1, -0.05) is 0 Å².